The van der Waals surface area contributed by atoms with Crippen molar-refractivity contribution in [2.75, 3.05) is 6.54 Å². The van der Waals surface area contributed by atoms with Crippen molar-refractivity contribution >= 4 is 0 Å². The summed E-state index contributed by atoms with van der Waals surface area (Å²) in [5, 5.41) is 14.2. The van der Waals surface area contributed by atoms with Gasteiger partial charge in [0.05, 0.1) is 11.6 Å². The summed E-state index contributed by atoms with van der Waals surface area (Å²) in [6.07, 6.45) is 5.43. The Morgan fingerprint density at radius 1 is 1.33 bits per heavy atom. The van der Waals surface area contributed by atoms with E-state index in [-0.39, 0.29) is 6.04 Å². The second-order valence-electron chi connectivity index (χ2n) is 5.65. The quantitative estimate of drug-likeness (QED) is 0.783. The molecule has 1 aromatic carbocycles. The van der Waals surface area contributed by atoms with Crippen LogP contribution in [0.4, 0.5) is 0 Å². The Morgan fingerprint density at radius 2 is 2.11 bits per heavy atom. The van der Waals surface area contributed by atoms with Crippen molar-refractivity contribution in [2.45, 2.75) is 57.6 Å². The molecule has 1 aliphatic rings. The predicted octanol–water partition coefficient (Wildman–Crippen LogP) is 3.20. The van der Waals surface area contributed by atoms with E-state index < -0.39 is 5.60 Å². The van der Waals surface area contributed by atoms with Gasteiger partial charge in [-0.05, 0) is 37.4 Å². The van der Waals surface area contributed by atoms with Gasteiger partial charge in [0.25, 0.3) is 0 Å². The number of benzene rings is 1. The molecule has 0 bridgehead atoms. The highest BCUT2D eigenvalue weighted by Crippen LogP contribution is 2.34. The Bertz CT molecular complexity index is 386. The van der Waals surface area contributed by atoms with Crippen molar-refractivity contribution in [3.8, 4) is 0 Å². The predicted molar refractivity (Wildman–Crippen MR) is 75.7 cm³/mol. The van der Waals surface area contributed by atoms with Crippen LogP contribution >= 0.6 is 0 Å². The van der Waals surface area contributed by atoms with E-state index in [9.17, 15) is 5.11 Å². The molecule has 1 aliphatic heterocycles. The molecule has 0 spiro atoms. The van der Waals surface area contributed by atoms with Crippen molar-refractivity contribution < 1.29 is 5.11 Å². The van der Waals surface area contributed by atoms with Gasteiger partial charge in [-0.15, -0.1) is 0 Å². The first-order valence-electron chi connectivity index (χ1n) is 7.18. The van der Waals surface area contributed by atoms with Gasteiger partial charge in [-0.1, -0.05) is 50.5 Å². The largest absolute Gasteiger partial charge is 0.388 e. The Balaban J connectivity index is 2.13. The van der Waals surface area contributed by atoms with E-state index in [4.69, 9.17) is 0 Å². The highest BCUT2D eigenvalue weighted by atomic mass is 16.3. The van der Waals surface area contributed by atoms with Crippen LogP contribution in [0.15, 0.2) is 24.3 Å². The molecule has 2 atom stereocenters. The maximum Gasteiger partial charge on any atom is 0.0813 e. The van der Waals surface area contributed by atoms with Crippen LogP contribution in [0.25, 0.3) is 0 Å². The van der Waals surface area contributed by atoms with Crippen molar-refractivity contribution in [3.05, 3.63) is 35.4 Å². The number of hydrogen-bond donors (Lipinski definition) is 2. The molecule has 1 aromatic rings. The Morgan fingerprint density at radius 3 is 2.89 bits per heavy atom. The lowest BCUT2D eigenvalue weighted by atomic mass is 9.81. The number of fused-ring (bicyclic) bond motifs is 1. The number of hydrogen-bond acceptors (Lipinski definition) is 2. The first kappa shape index (κ1) is 13.6. The zero-order valence-corrected chi connectivity index (χ0v) is 11.6. The van der Waals surface area contributed by atoms with Crippen molar-refractivity contribution in [2.24, 2.45) is 0 Å². The first-order valence-corrected chi connectivity index (χ1v) is 7.18. The van der Waals surface area contributed by atoms with Crippen molar-refractivity contribution in [1.29, 1.82) is 0 Å². The molecule has 0 amide bonds. The van der Waals surface area contributed by atoms with Gasteiger partial charge < -0.3 is 10.4 Å². The molecule has 0 fully saturated rings. The van der Waals surface area contributed by atoms with Gasteiger partial charge in [0, 0.05) is 0 Å². The minimum Gasteiger partial charge on any atom is -0.388 e. The van der Waals surface area contributed by atoms with E-state index in [2.05, 4.69) is 36.5 Å². The number of aliphatic hydroxyl groups is 1. The van der Waals surface area contributed by atoms with Gasteiger partial charge in [0.1, 0.15) is 0 Å². The maximum atomic E-state index is 10.8. The first-order chi connectivity index (χ1) is 8.65. The van der Waals surface area contributed by atoms with Gasteiger partial charge in [-0.25, -0.2) is 0 Å². The molecule has 2 heteroatoms. The van der Waals surface area contributed by atoms with Crippen LogP contribution in [0.2, 0.25) is 0 Å². The summed E-state index contributed by atoms with van der Waals surface area (Å²) >= 11 is 0. The Hall–Kier alpha value is -0.860. The Kier molecular flexibility index (Phi) is 4.41. The Labute approximate surface area is 110 Å². The molecular weight excluding hydrogens is 222 g/mol. The summed E-state index contributed by atoms with van der Waals surface area (Å²) in [7, 11) is 0. The molecule has 2 unspecified atom stereocenters. The van der Waals surface area contributed by atoms with Crippen LogP contribution in [0.1, 0.15) is 56.7 Å². The zero-order valence-electron chi connectivity index (χ0n) is 11.6. The van der Waals surface area contributed by atoms with E-state index in [1.54, 1.807) is 0 Å². The monoisotopic (exact) mass is 247 g/mol. The molecule has 2 rings (SSSR count). The summed E-state index contributed by atoms with van der Waals surface area (Å²) < 4.78 is 0. The van der Waals surface area contributed by atoms with Gasteiger partial charge in [0.15, 0.2) is 0 Å². The molecular formula is C16H25NO. The third kappa shape index (κ3) is 2.93. The fourth-order valence-electron chi connectivity index (χ4n) is 2.94. The molecule has 2 N–H and O–H groups in total. The molecule has 0 aliphatic carbocycles. The smallest absolute Gasteiger partial charge is 0.0813 e. The molecule has 0 radical (unpaired) electrons. The van der Waals surface area contributed by atoms with Crippen LogP contribution in [-0.2, 0) is 6.42 Å². The lowest BCUT2D eigenvalue weighted by Gasteiger charge is -2.38. The van der Waals surface area contributed by atoms with Crippen LogP contribution in [-0.4, -0.2) is 17.3 Å². The second-order valence-corrected chi connectivity index (χ2v) is 5.65. The molecule has 1 heterocycles. The maximum absolute atomic E-state index is 10.8. The molecule has 0 saturated heterocycles. The van der Waals surface area contributed by atoms with Crippen molar-refractivity contribution in [3.63, 3.8) is 0 Å². The summed E-state index contributed by atoms with van der Waals surface area (Å²) in [5.74, 6) is 0. The van der Waals surface area contributed by atoms with E-state index >= 15 is 0 Å². The van der Waals surface area contributed by atoms with E-state index in [1.807, 2.05) is 6.92 Å². The van der Waals surface area contributed by atoms with Gasteiger partial charge >= 0.3 is 0 Å². The van der Waals surface area contributed by atoms with E-state index in [0.717, 1.165) is 25.8 Å². The van der Waals surface area contributed by atoms with Crippen molar-refractivity contribution in [1.82, 2.24) is 5.32 Å². The standard InChI is InChI=1S/C16H25NO/c1-3-4-7-11-16(2,18)15-14-9-6-5-8-13(14)10-12-17-15/h5-6,8-9,15,17-18H,3-4,7,10-12H2,1-2H3. The molecule has 2 nitrogen and oxygen atoms in total. The molecule has 0 aromatic heterocycles. The topological polar surface area (TPSA) is 32.3 Å². The minimum absolute atomic E-state index is 0.0827. The third-order valence-electron chi connectivity index (χ3n) is 4.02. The normalized spacial score (nSPS) is 22.3. The van der Waals surface area contributed by atoms with E-state index in [1.165, 1.54) is 24.0 Å². The number of rotatable bonds is 5. The highest BCUT2D eigenvalue weighted by molar-refractivity contribution is 5.34. The second kappa shape index (κ2) is 5.85. The average Bonchev–Trinajstić information content (AvgIpc) is 2.38. The average molecular weight is 247 g/mol. The van der Waals surface area contributed by atoms with Crippen LogP contribution in [0, 0.1) is 0 Å². The SMILES string of the molecule is CCCCCC(C)(O)C1NCCc2ccccc21. The van der Waals surface area contributed by atoms with Gasteiger partial charge in [-0.3, -0.25) is 0 Å². The van der Waals surface area contributed by atoms with Gasteiger partial charge in [-0.2, -0.15) is 0 Å². The number of unbranched alkanes of at least 4 members (excludes halogenated alkanes) is 2. The summed E-state index contributed by atoms with van der Waals surface area (Å²) in [6.45, 7) is 5.14. The zero-order chi connectivity index (χ0) is 13.0. The molecule has 18 heavy (non-hydrogen) atoms. The van der Waals surface area contributed by atoms with Crippen LogP contribution in [0.3, 0.4) is 0 Å². The van der Waals surface area contributed by atoms with Crippen LogP contribution < -0.4 is 5.32 Å². The summed E-state index contributed by atoms with van der Waals surface area (Å²) in [6, 6.07) is 8.58. The minimum atomic E-state index is -0.647. The molecule has 100 valence electrons. The fraction of sp³-hybridized carbons (Fsp3) is 0.625. The van der Waals surface area contributed by atoms with E-state index in [0.29, 0.717) is 0 Å². The summed E-state index contributed by atoms with van der Waals surface area (Å²) in [5.41, 5.74) is 2.02. The lowest BCUT2D eigenvalue weighted by molar-refractivity contribution is 0.00596. The number of nitrogens with one attached hydrogen (secondary N) is 1. The van der Waals surface area contributed by atoms with Gasteiger partial charge in [0.2, 0.25) is 0 Å². The lowest BCUT2D eigenvalue weighted by Crippen LogP contribution is -2.45. The third-order valence-corrected chi connectivity index (χ3v) is 4.02. The highest BCUT2D eigenvalue weighted by Gasteiger charge is 2.35. The van der Waals surface area contributed by atoms with Crippen LogP contribution in [0.5, 0.6) is 0 Å². The summed E-state index contributed by atoms with van der Waals surface area (Å²) in [4.78, 5) is 0. The molecule has 0 saturated carbocycles. The fourth-order valence-corrected chi connectivity index (χ4v) is 2.94.